The Hall–Kier alpha value is -6.43. The van der Waals surface area contributed by atoms with Crippen molar-refractivity contribution in [3.05, 3.63) is 148 Å². The number of aryl methyl sites for hydroxylation is 2. The van der Waals surface area contributed by atoms with E-state index >= 15 is 0 Å². The van der Waals surface area contributed by atoms with Gasteiger partial charge in [-0.3, -0.25) is 0 Å². The number of hydrogen-bond donors (Lipinski definition) is 0. The summed E-state index contributed by atoms with van der Waals surface area (Å²) in [5, 5.41) is -0.127. The summed E-state index contributed by atoms with van der Waals surface area (Å²) in [7, 11) is 0. The molecule has 0 N–H and O–H groups in total. The van der Waals surface area contributed by atoms with Crippen molar-refractivity contribution in [3.8, 4) is 22.5 Å². The maximum Gasteiger partial charge on any atom is 0.416 e. The van der Waals surface area contributed by atoms with Gasteiger partial charge in [-0.1, -0.05) is 23.8 Å². The second-order valence-corrected chi connectivity index (χ2v) is 13.8. The van der Waals surface area contributed by atoms with Gasteiger partial charge in [0.15, 0.2) is 5.69 Å². The number of hydrogen-bond acceptors (Lipinski definition) is 0. The van der Waals surface area contributed by atoms with Gasteiger partial charge in [0.1, 0.15) is 0 Å². The summed E-state index contributed by atoms with van der Waals surface area (Å²) in [6.07, 6.45) is -19.5. The number of benzene rings is 6. The van der Waals surface area contributed by atoms with E-state index in [0.717, 1.165) is 30.3 Å². The summed E-state index contributed by atoms with van der Waals surface area (Å²) in [5.41, 5.74) is -4.54. The van der Waals surface area contributed by atoms with Crippen molar-refractivity contribution in [2.24, 2.45) is 0 Å². The molecule has 0 saturated heterocycles. The molecular weight excluding hydrogens is 786 g/mol. The van der Waals surface area contributed by atoms with Crippen LogP contribution < -0.4 is 0 Å². The first kappa shape index (κ1) is 38.4. The van der Waals surface area contributed by atoms with E-state index in [-0.39, 0.29) is 66.4 Å². The summed E-state index contributed by atoms with van der Waals surface area (Å²) in [5.74, 6) is 0. The van der Waals surface area contributed by atoms with Gasteiger partial charge in [0, 0.05) is 21.5 Å². The van der Waals surface area contributed by atoms with Gasteiger partial charge < -0.3 is 9.13 Å². The number of alkyl halides is 12. The molecule has 0 aliphatic rings. The van der Waals surface area contributed by atoms with Crippen molar-refractivity contribution >= 4 is 49.3 Å². The van der Waals surface area contributed by atoms with Crippen molar-refractivity contribution in [2.75, 3.05) is 0 Å². The van der Waals surface area contributed by atoms with Crippen molar-refractivity contribution in [1.82, 2.24) is 9.13 Å². The summed E-state index contributed by atoms with van der Waals surface area (Å²) in [4.78, 5) is 3.59. The number of aromatic nitrogens is 2. The SMILES string of the molecule is [C-]#[N+]c1cc(-n2c3ccc(C)cc3c3cc(C(F)(F)F)ccc32)c(-n2c3ccc(C(F)(F)F)cc3c3cc(C(F)(F)F)ccc32)cc1-c1c(C)cccc1C(F)(F)F. The molecule has 0 bridgehead atoms. The molecule has 3 nitrogen and oxygen atoms in total. The molecule has 0 radical (unpaired) electrons. The van der Waals surface area contributed by atoms with Gasteiger partial charge in [-0.15, -0.1) is 0 Å². The van der Waals surface area contributed by atoms with Crippen LogP contribution in [0, 0.1) is 20.4 Å². The maximum absolute atomic E-state index is 14.7. The molecule has 0 atom stereocenters. The molecular formula is C43H23F12N3. The topological polar surface area (TPSA) is 14.2 Å². The zero-order valence-corrected chi connectivity index (χ0v) is 29.7. The minimum absolute atomic E-state index is 0.0147. The van der Waals surface area contributed by atoms with Crippen LogP contribution in [0.1, 0.15) is 33.4 Å². The molecule has 8 rings (SSSR count). The van der Waals surface area contributed by atoms with Gasteiger partial charge in [0.05, 0.1) is 62.3 Å². The lowest BCUT2D eigenvalue weighted by molar-refractivity contribution is -0.138. The molecule has 0 saturated carbocycles. The molecule has 8 aromatic rings. The van der Waals surface area contributed by atoms with E-state index in [2.05, 4.69) is 4.85 Å². The third-order valence-corrected chi connectivity index (χ3v) is 10.2. The molecule has 2 aromatic heterocycles. The molecule has 0 aliphatic carbocycles. The number of nitrogens with zero attached hydrogens (tertiary/aromatic N) is 3. The Labute approximate surface area is 319 Å². The monoisotopic (exact) mass is 809 g/mol. The first-order valence-corrected chi connectivity index (χ1v) is 17.2. The largest absolute Gasteiger partial charge is 0.416 e. The van der Waals surface area contributed by atoms with Crippen molar-refractivity contribution in [1.29, 1.82) is 0 Å². The Kier molecular flexibility index (Phi) is 8.48. The molecule has 2 heterocycles. The van der Waals surface area contributed by atoms with Crippen molar-refractivity contribution in [3.63, 3.8) is 0 Å². The van der Waals surface area contributed by atoms with Crippen LogP contribution in [0.15, 0.2) is 103 Å². The highest BCUT2D eigenvalue weighted by Gasteiger charge is 2.37. The van der Waals surface area contributed by atoms with Crippen LogP contribution in [-0.4, -0.2) is 9.13 Å². The van der Waals surface area contributed by atoms with E-state index < -0.39 is 52.5 Å². The molecule has 0 fully saturated rings. The predicted molar refractivity (Wildman–Crippen MR) is 196 cm³/mol. The van der Waals surface area contributed by atoms with Crippen molar-refractivity contribution < 1.29 is 52.7 Å². The molecule has 0 spiro atoms. The lowest BCUT2D eigenvalue weighted by Crippen LogP contribution is -2.09. The van der Waals surface area contributed by atoms with Crippen LogP contribution in [0.5, 0.6) is 0 Å². The van der Waals surface area contributed by atoms with E-state index in [1.807, 2.05) is 0 Å². The van der Waals surface area contributed by atoms with Gasteiger partial charge in [-0.25, -0.2) is 4.85 Å². The minimum Gasteiger partial charge on any atom is -0.308 e. The van der Waals surface area contributed by atoms with E-state index in [1.54, 1.807) is 25.1 Å². The summed E-state index contributed by atoms with van der Waals surface area (Å²) in [6, 6.07) is 18.4. The standard InChI is InChI=1S/C43H23F12N3/c1-21-7-11-33-26(15-21)27-16-23(40(44,45)46)8-12-34(27)58(33)38-20-32(56-3)30(39-22(2)5-4-6-31(39)43(53,54)55)19-37(38)57-35-13-9-24(41(47,48)49)17-28(35)29-18-25(42(50,51)52)10-14-36(29)57/h4-20H,1-2H3. The van der Waals surface area contributed by atoms with Crippen LogP contribution in [0.4, 0.5) is 58.4 Å². The fourth-order valence-electron chi connectivity index (χ4n) is 7.69. The fraction of sp³-hybridized carbons (Fsp3) is 0.140. The number of fused-ring (bicyclic) bond motifs is 6. The Balaban J connectivity index is 1.60. The van der Waals surface area contributed by atoms with Crippen LogP contribution in [0.3, 0.4) is 0 Å². The second kappa shape index (κ2) is 12.8. The van der Waals surface area contributed by atoms with Gasteiger partial charge in [-0.2, -0.15) is 52.7 Å². The highest BCUT2D eigenvalue weighted by molar-refractivity contribution is 6.12. The number of halogens is 12. The normalized spacial score (nSPS) is 13.0. The molecule has 0 amide bonds. The maximum atomic E-state index is 14.7. The molecule has 58 heavy (non-hydrogen) atoms. The predicted octanol–water partition coefficient (Wildman–Crippen LogP) is 14.8. The van der Waals surface area contributed by atoms with E-state index in [1.165, 1.54) is 46.4 Å². The highest BCUT2D eigenvalue weighted by Crippen LogP contribution is 2.48. The molecule has 294 valence electrons. The third kappa shape index (κ3) is 6.18. The Bertz CT molecular complexity index is 2970. The van der Waals surface area contributed by atoms with Crippen LogP contribution in [0.25, 0.3) is 71.0 Å². The zero-order valence-electron chi connectivity index (χ0n) is 29.7. The highest BCUT2D eigenvalue weighted by atomic mass is 19.4. The Morgan fingerprint density at radius 3 is 1.29 bits per heavy atom. The lowest BCUT2D eigenvalue weighted by atomic mass is 9.92. The van der Waals surface area contributed by atoms with Crippen LogP contribution >= 0.6 is 0 Å². The van der Waals surface area contributed by atoms with Gasteiger partial charge >= 0.3 is 24.7 Å². The van der Waals surface area contributed by atoms with E-state index in [9.17, 15) is 52.7 Å². The van der Waals surface area contributed by atoms with Crippen molar-refractivity contribution in [2.45, 2.75) is 38.6 Å². The Morgan fingerprint density at radius 1 is 0.466 bits per heavy atom. The summed E-state index contributed by atoms with van der Waals surface area (Å²) < 4.78 is 174. The van der Waals surface area contributed by atoms with Gasteiger partial charge in [0.2, 0.25) is 0 Å². The summed E-state index contributed by atoms with van der Waals surface area (Å²) in [6.45, 7) is 11.3. The molecule has 0 aliphatic heterocycles. The van der Waals surface area contributed by atoms with Crippen LogP contribution in [0.2, 0.25) is 0 Å². The zero-order chi connectivity index (χ0) is 41.9. The summed E-state index contributed by atoms with van der Waals surface area (Å²) >= 11 is 0. The van der Waals surface area contributed by atoms with E-state index in [4.69, 9.17) is 6.57 Å². The minimum atomic E-state index is -4.94. The lowest BCUT2D eigenvalue weighted by Gasteiger charge is -2.22. The Morgan fingerprint density at radius 2 is 0.879 bits per heavy atom. The average molecular weight is 810 g/mol. The average Bonchev–Trinajstić information content (AvgIpc) is 3.64. The first-order valence-electron chi connectivity index (χ1n) is 17.2. The molecule has 0 unspecified atom stereocenters. The third-order valence-electron chi connectivity index (χ3n) is 10.2. The quantitative estimate of drug-likeness (QED) is 0.125. The molecule has 15 heteroatoms. The smallest absolute Gasteiger partial charge is 0.308 e. The number of rotatable bonds is 3. The molecule has 6 aromatic carbocycles. The first-order chi connectivity index (χ1) is 27.1. The second-order valence-electron chi connectivity index (χ2n) is 13.8. The van der Waals surface area contributed by atoms with Gasteiger partial charge in [-0.05, 0) is 115 Å². The van der Waals surface area contributed by atoms with Crippen LogP contribution in [-0.2, 0) is 24.7 Å². The van der Waals surface area contributed by atoms with E-state index in [0.29, 0.717) is 35.2 Å². The fourth-order valence-corrected chi connectivity index (χ4v) is 7.69. The van der Waals surface area contributed by atoms with Gasteiger partial charge in [0.25, 0.3) is 0 Å².